The van der Waals surface area contributed by atoms with Crippen LogP contribution >= 0.6 is 0 Å². The molecule has 1 saturated heterocycles. The van der Waals surface area contributed by atoms with E-state index in [2.05, 4.69) is 10.6 Å². The summed E-state index contributed by atoms with van der Waals surface area (Å²) in [6.45, 7) is 4.59. The van der Waals surface area contributed by atoms with Crippen LogP contribution in [0.3, 0.4) is 0 Å². The number of piperazine rings is 1. The molecule has 1 heterocycles. The van der Waals surface area contributed by atoms with Gasteiger partial charge in [-0.3, -0.25) is 14.4 Å². The zero-order valence-electron chi connectivity index (χ0n) is 16.8. The first-order chi connectivity index (χ1) is 13.9. The smallest absolute Gasteiger partial charge is 0.254 e. The number of carbonyl (C=O) groups excluding carboxylic acids is 3. The van der Waals surface area contributed by atoms with Gasteiger partial charge in [0.05, 0.1) is 13.5 Å². The molecule has 7 heteroatoms. The largest absolute Gasteiger partial charge is 0.497 e. The molecule has 2 aromatic carbocycles. The van der Waals surface area contributed by atoms with Crippen LogP contribution in [0.15, 0.2) is 42.5 Å². The molecule has 0 bridgehead atoms. The number of anilines is 1. The van der Waals surface area contributed by atoms with Crippen molar-refractivity contribution in [3.63, 3.8) is 0 Å². The van der Waals surface area contributed by atoms with Crippen molar-refractivity contribution in [2.45, 2.75) is 26.3 Å². The van der Waals surface area contributed by atoms with Gasteiger partial charge in [0.15, 0.2) is 0 Å². The number of rotatable bonds is 5. The van der Waals surface area contributed by atoms with E-state index in [4.69, 9.17) is 4.74 Å². The zero-order valence-corrected chi connectivity index (χ0v) is 16.8. The summed E-state index contributed by atoms with van der Waals surface area (Å²) >= 11 is 0. The molecule has 3 rings (SSSR count). The fourth-order valence-electron chi connectivity index (χ4n) is 3.52. The Morgan fingerprint density at radius 3 is 2.59 bits per heavy atom. The lowest BCUT2D eigenvalue weighted by Gasteiger charge is -2.34. The van der Waals surface area contributed by atoms with Gasteiger partial charge < -0.3 is 20.3 Å². The number of hydrogen-bond acceptors (Lipinski definition) is 4. The highest BCUT2D eigenvalue weighted by molar-refractivity contribution is 6.01. The average molecular weight is 395 g/mol. The highest BCUT2D eigenvalue weighted by Crippen LogP contribution is 2.19. The van der Waals surface area contributed by atoms with E-state index in [1.165, 1.54) is 12.0 Å². The minimum absolute atomic E-state index is 0.117. The Balaban J connectivity index is 1.76. The van der Waals surface area contributed by atoms with Gasteiger partial charge in [-0.25, -0.2) is 0 Å². The molecule has 7 nitrogen and oxygen atoms in total. The van der Waals surface area contributed by atoms with Gasteiger partial charge >= 0.3 is 0 Å². The third kappa shape index (κ3) is 4.93. The fraction of sp³-hybridized carbons (Fsp3) is 0.318. The molecule has 1 aliphatic rings. The summed E-state index contributed by atoms with van der Waals surface area (Å²) in [4.78, 5) is 39.5. The van der Waals surface area contributed by atoms with Crippen molar-refractivity contribution in [3.8, 4) is 5.75 Å². The molecule has 0 saturated carbocycles. The predicted octanol–water partition coefficient (Wildman–Crippen LogP) is 2.28. The number of methoxy groups -OCH3 is 1. The van der Waals surface area contributed by atoms with Crippen molar-refractivity contribution in [3.05, 3.63) is 59.2 Å². The van der Waals surface area contributed by atoms with Gasteiger partial charge in [-0.2, -0.15) is 0 Å². The van der Waals surface area contributed by atoms with Gasteiger partial charge in [0.25, 0.3) is 5.91 Å². The van der Waals surface area contributed by atoms with E-state index in [0.717, 1.165) is 11.1 Å². The summed E-state index contributed by atoms with van der Waals surface area (Å²) in [5.74, 6) is -0.395. The molecule has 29 heavy (non-hydrogen) atoms. The van der Waals surface area contributed by atoms with Crippen LogP contribution in [-0.4, -0.2) is 48.9 Å². The summed E-state index contributed by atoms with van der Waals surface area (Å²) in [6.07, 6.45) is -0.117. The monoisotopic (exact) mass is 395 g/mol. The number of nitrogens with one attached hydrogen (secondary N) is 2. The topological polar surface area (TPSA) is 87.7 Å². The maximum absolute atomic E-state index is 13.0. The number of hydrogen-bond donors (Lipinski definition) is 2. The highest BCUT2D eigenvalue weighted by atomic mass is 16.5. The number of carbonyl (C=O) groups is 3. The number of benzene rings is 2. The van der Waals surface area contributed by atoms with Crippen LogP contribution in [0.1, 0.15) is 27.9 Å². The molecule has 152 valence electrons. The van der Waals surface area contributed by atoms with E-state index in [9.17, 15) is 14.4 Å². The second-order valence-corrected chi connectivity index (χ2v) is 7.17. The van der Waals surface area contributed by atoms with Crippen LogP contribution < -0.4 is 15.4 Å². The number of nitrogens with zero attached hydrogens (tertiary/aromatic N) is 1. The van der Waals surface area contributed by atoms with Gasteiger partial charge in [0.1, 0.15) is 11.8 Å². The van der Waals surface area contributed by atoms with Gasteiger partial charge in [-0.15, -0.1) is 0 Å². The summed E-state index contributed by atoms with van der Waals surface area (Å²) < 4.78 is 5.18. The summed E-state index contributed by atoms with van der Waals surface area (Å²) in [6, 6.07) is 11.6. The van der Waals surface area contributed by atoms with E-state index in [-0.39, 0.29) is 24.1 Å². The minimum atomic E-state index is -0.867. The predicted molar refractivity (Wildman–Crippen MR) is 110 cm³/mol. The lowest BCUT2D eigenvalue weighted by Crippen LogP contribution is -2.58. The van der Waals surface area contributed by atoms with Crippen molar-refractivity contribution in [1.29, 1.82) is 0 Å². The molecule has 3 amide bonds. The molecule has 0 radical (unpaired) electrons. The van der Waals surface area contributed by atoms with Crippen molar-refractivity contribution in [2.75, 3.05) is 25.5 Å². The second-order valence-electron chi connectivity index (χ2n) is 7.17. The Labute approximate surface area is 170 Å². The third-order valence-electron chi connectivity index (χ3n) is 4.79. The number of ether oxygens (including phenoxy) is 1. The second kappa shape index (κ2) is 8.77. The summed E-state index contributed by atoms with van der Waals surface area (Å²) in [5, 5.41) is 5.57. The van der Waals surface area contributed by atoms with E-state index in [0.29, 0.717) is 30.1 Å². The zero-order chi connectivity index (χ0) is 21.0. The lowest BCUT2D eigenvalue weighted by atomic mass is 10.1. The average Bonchev–Trinajstić information content (AvgIpc) is 2.68. The van der Waals surface area contributed by atoms with Crippen LogP contribution in [0.5, 0.6) is 5.75 Å². The normalized spacial score (nSPS) is 16.2. The molecular formula is C22H25N3O4. The van der Waals surface area contributed by atoms with Gasteiger partial charge in [0, 0.05) is 24.3 Å². The Kier molecular flexibility index (Phi) is 6.16. The Hall–Kier alpha value is -3.35. The van der Waals surface area contributed by atoms with E-state index in [1.807, 2.05) is 32.0 Å². The maximum atomic E-state index is 13.0. The van der Waals surface area contributed by atoms with Crippen LogP contribution in [0.25, 0.3) is 0 Å². The van der Waals surface area contributed by atoms with Crippen LogP contribution in [-0.2, 0) is 9.59 Å². The van der Waals surface area contributed by atoms with Crippen LogP contribution in [0.4, 0.5) is 5.69 Å². The Morgan fingerprint density at radius 1 is 1.17 bits per heavy atom. The van der Waals surface area contributed by atoms with Crippen molar-refractivity contribution >= 4 is 23.4 Å². The molecular weight excluding hydrogens is 370 g/mol. The Bertz CT molecular complexity index is 921. The minimum Gasteiger partial charge on any atom is -0.497 e. The van der Waals surface area contributed by atoms with Crippen LogP contribution in [0.2, 0.25) is 0 Å². The fourth-order valence-corrected chi connectivity index (χ4v) is 3.52. The first-order valence-corrected chi connectivity index (χ1v) is 9.48. The van der Waals surface area contributed by atoms with E-state index < -0.39 is 6.04 Å². The van der Waals surface area contributed by atoms with E-state index in [1.54, 1.807) is 24.3 Å². The number of amides is 3. The molecule has 0 spiro atoms. The molecule has 2 aromatic rings. The molecule has 1 fully saturated rings. The molecule has 0 aliphatic carbocycles. The SMILES string of the molecule is COc1cccc(C(=O)N2CCNC(=O)[C@@H]2CC(=O)Nc2cc(C)cc(C)c2)c1. The molecule has 1 atom stereocenters. The highest BCUT2D eigenvalue weighted by Gasteiger charge is 2.35. The van der Waals surface area contributed by atoms with Gasteiger partial charge in [-0.1, -0.05) is 12.1 Å². The van der Waals surface area contributed by atoms with Gasteiger partial charge in [0.2, 0.25) is 11.8 Å². The Morgan fingerprint density at radius 2 is 1.90 bits per heavy atom. The third-order valence-corrected chi connectivity index (χ3v) is 4.79. The first kappa shape index (κ1) is 20.4. The van der Waals surface area contributed by atoms with Crippen molar-refractivity contribution < 1.29 is 19.1 Å². The lowest BCUT2D eigenvalue weighted by molar-refractivity contribution is -0.131. The van der Waals surface area contributed by atoms with E-state index >= 15 is 0 Å². The quantitative estimate of drug-likeness (QED) is 0.813. The molecule has 0 aromatic heterocycles. The van der Waals surface area contributed by atoms with Crippen molar-refractivity contribution in [1.82, 2.24) is 10.2 Å². The molecule has 2 N–H and O–H groups in total. The van der Waals surface area contributed by atoms with Crippen molar-refractivity contribution in [2.24, 2.45) is 0 Å². The summed E-state index contributed by atoms with van der Waals surface area (Å²) in [7, 11) is 1.53. The van der Waals surface area contributed by atoms with Gasteiger partial charge in [-0.05, 0) is 55.3 Å². The maximum Gasteiger partial charge on any atom is 0.254 e. The number of aryl methyl sites for hydroxylation is 2. The standard InChI is InChI=1S/C22H25N3O4/c1-14-9-15(2)11-17(10-14)24-20(26)13-19-21(27)23-7-8-25(19)22(28)16-5-4-6-18(12-16)29-3/h4-6,9-12,19H,7-8,13H2,1-3H3,(H,23,27)(H,24,26)/t19-/m0/s1. The first-order valence-electron chi connectivity index (χ1n) is 9.48. The molecule has 1 aliphatic heterocycles. The van der Waals surface area contributed by atoms with Crippen LogP contribution in [0, 0.1) is 13.8 Å². The molecule has 0 unspecified atom stereocenters. The summed E-state index contributed by atoms with van der Waals surface area (Å²) in [5.41, 5.74) is 3.16.